The van der Waals surface area contributed by atoms with Crippen LogP contribution in [-0.2, 0) is 9.53 Å². The Hall–Kier alpha value is -0.610. The van der Waals surface area contributed by atoms with Crippen LogP contribution in [0.1, 0.15) is 6.42 Å². The van der Waals surface area contributed by atoms with Crippen molar-refractivity contribution in [2.24, 2.45) is 0 Å². The fraction of sp³-hybridized carbons (Fsp3) is 0.857. The Morgan fingerprint density at radius 3 is 2.64 bits per heavy atom. The van der Waals surface area contributed by atoms with Gasteiger partial charge in [-0.3, -0.25) is 9.69 Å². The molecule has 0 amide bonds. The molecule has 0 saturated carbocycles. The molecule has 0 bridgehead atoms. The van der Waals surface area contributed by atoms with Gasteiger partial charge in [0, 0.05) is 20.1 Å². The minimum atomic E-state index is -0.757. The maximum Gasteiger partial charge on any atom is 0.321 e. The van der Waals surface area contributed by atoms with Gasteiger partial charge in [0.25, 0.3) is 0 Å². The molecule has 4 heteroatoms. The highest BCUT2D eigenvalue weighted by Crippen LogP contribution is 2.17. The van der Waals surface area contributed by atoms with Gasteiger partial charge in [0.1, 0.15) is 6.04 Å². The average molecular weight is 159 g/mol. The third kappa shape index (κ3) is 1.70. The second kappa shape index (κ2) is 3.19. The molecule has 0 aliphatic carbocycles. The van der Waals surface area contributed by atoms with E-state index in [1.807, 2.05) is 0 Å². The molecule has 11 heavy (non-hydrogen) atoms. The van der Waals surface area contributed by atoms with Crippen molar-refractivity contribution >= 4 is 5.97 Å². The van der Waals surface area contributed by atoms with Gasteiger partial charge in [0.2, 0.25) is 0 Å². The second-order valence-electron chi connectivity index (χ2n) is 2.89. The number of carboxylic acids is 1. The standard InChI is InChI=1S/C7H13NO3/c1-8-4-5(11-2)3-6(8)7(9)10/h5-6H,3-4H2,1-2H3,(H,9,10)/t5-,6?/m1/s1. The normalized spacial score (nSPS) is 32.5. The molecular weight excluding hydrogens is 146 g/mol. The lowest BCUT2D eigenvalue weighted by Gasteiger charge is -2.12. The predicted octanol–water partition coefficient (Wildman–Crippen LogP) is -0.210. The first-order chi connectivity index (χ1) is 5.15. The molecule has 0 spiro atoms. The number of nitrogens with zero attached hydrogens (tertiary/aromatic N) is 1. The summed E-state index contributed by atoms with van der Waals surface area (Å²) in [6.45, 7) is 0.716. The van der Waals surface area contributed by atoms with Crippen molar-refractivity contribution in [3.8, 4) is 0 Å². The molecule has 1 fully saturated rings. The van der Waals surface area contributed by atoms with Gasteiger partial charge in [-0.2, -0.15) is 0 Å². The van der Waals surface area contributed by atoms with Gasteiger partial charge < -0.3 is 9.84 Å². The van der Waals surface area contributed by atoms with Crippen molar-refractivity contribution in [1.29, 1.82) is 0 Å². The largest absolute Gasteiger partial charge is 0.480 e. The van der Waals surface area contributed by atoms with Crippen LogP contribution in [0.5, 0.6) is 0 Å². The van der Waals surface area contributed by atoms with Crippen LogP contribution >= 0.6 is 0 Å². The van der Waals surface area contributed by atoms with Gasteiger partial charge in [-0.05, 0) is 7.05 Å². The monoisotopic (exact) mass is 159 g/mol. The van der Waals surface area contributed by atoms with Gasteiger partial charge >= 0.3 is 5.97 Å². The van der Waals surface area contributed by atoms with Crippen LogP contribution in [0.2, 0.25) is 0 Å². The number of methoxy groups -OCH3 is 1. The molecule has 1 aliphatic rings. The van der Waals surface area contributed by atoms with Crippen molar-refractivity contribution in [2.75, 3.05) is 20.7 Å². The molecule has 1 unspecified atom stereocenters. The maximum atomic E-state index is 10.6. The number of rotatable bonds is 2. The first-order valence-corrected chi connectivity index (χ1v) is 3.61. The summed E-state index contributed by atoms with van der Waals surface area (Å²) in [5.41, 5.74) is 0. The van der Waals surface area contributed by atoms with Gasteiger partial charge in [-0.1, -0.05) is 0 Å². The Bertz CT molecular complexity index is 160. The molecular formula is C7H13NO3. The highest BCUT2D eigenvalue weighted by molar-refractivity contribution is 5.73. The molecule has 64 valence electrons. The fourth-order valence-corrected chi connectivity index (χ4v) is 1.41. The summed E-state index contributed by atoms with van der Waals surface area (Å²) >= 11 is 0. The molecule has 1 N–H and O–H groups in total. The maximum absolute atomic E-state index is 10.6. The molecule has 0 radical (unpaired) electrons. The first kappa shape index (κ1) is 8.49. The van der Waals surface area contributed by atoms with Gasteiger partial charge in [0.05, 0.1) is 6.10 Å². The summed E-state index contributed by atoms with van der Waals surface area (Å²) in [6, 6.07) is -0.361. The Morgan fingerprint density at radius 1 is 1.73 bits per heavy atom. The van der Waals surface area contributed by atoms with E-state index in [1.165, 1.54) is 0 Å². The van der Waals surface area contributed by atoms with Gasteiger partial charge in [-0.25, -0.2) is 0 Å². The van der Waals surface area contributed by atoms with Crippen molar-refractivity contribution < 1.29 is 14.6 Å². The number of likely N-dealkylation sites (tertiary alicyclic amines) is 1. The summed E-state index contributed by atoms with van der Waals surface area (Å²) in [4.78, 5) is 12.4. The number of carbonyl (C=O) groups is 1. The van der Waals surface area contributed by atoms with Crippen LogP contribution in [0, 0.1) is 0 Å². The van der Waals surface area contributed by atoms with Crippen LogP contribution < -0.4 is 0 Å². The third-order valence-electron chi connectivity index (χ3n) is 2.13. The van der Waals surface area contributed by atoms with Crippen molar-refractivity contribution in [3.63, 3.8) is 0 Å². The first-order valence-electron chi connectivity index (χ1n) is 3.61. The predicted molar refractivity (Wildman–Crippen MR) is 39.5 cm³/mol. The molecule has 1 heterocycles. The van der Waals surface area contributed by atoms with E-state index < -0.39 is 5.97 Å². The minimum absolute atomic E-state index is 0.0844. The molecule has 0 aromatic heterocycles. The van der Waals surface area contributed by atoms with E-state index in [1.54, 1.807) is 19.1 Å². The van der Waals surface area contributed by atoms with Gasteiger partial charge in [-0.15, -0.1) is 0 Å². The molecule has 0 aromatic carbocycles. The number of carboxylic acid groups (broad SMARTS) is 1. The van der Waals surface area contributed by atoms with E-state index >= 15 is 0 Å². The quantitative estimate of drug-likeness (QED) is 0.605. The zero-order chi connectivity index (χ0) is 8.43. The van der Waals surface area contributed by atoms with E-state index in [4.69, 9.17) is 9.84 Å². The zero-order valence-electron chi connectivity index (χ0n) is 6.78. The molecule has 1 aliphatic heterocycles. The molecule has 4 nitrogen and oxygen atoms in total. The van der Waals surface area contributed by atoms with E-state index in [0.717, 1.165) is 0 Å². The third-order valence-corrected chi connectivity index (χ3v) is 2.13. The van der Waals surface area contributed by atoms with E-state index in [-0.39, 0.29) is 12.1 Å². The Balaban J connectivity index is 2.51. The van der Waals surface area contributed by atoms with Crippen LogP contribution in [0.4, 0.5) is 0 Å². The van der Waals surface area contributed by atoms with E-state index in [2.05, 4.69) is 0 Å². The summed E-state index contributed by atoms with van der Waals surface area (Å²) in [5, 5.41) is 8.70. The zero-order valence-corrected chi connectivity index (χ0v) is 6.78. The molecule has 1 rings (SSSR count). The van der Waals surface area contributed by atoms with Gasteiger partial charge in [0.15, 0.2) is 0 Å². The number of hydrogen-bond donors (Lipinski definition) is 1. The fourth-order valence-electron chi connectivity index (χ4n) is 1.41. The lowest BCUT2D eigenvalue weighted by molar-refractivity contribution is -0.141. The van der Waals surface area contributed by atoms with E-state index in [0.29, 0.717) is 13.0 Å². The summed E-state index contributed by atoms with van der Waals surface area (Å²) in [6.07, 6.45) is 0.684. The van der Waals surface area contributed by atoms with Crippen LogP contribution in [0.15, 0.2) is 0 Å². The van der Waals surface area contributed by atoms with Crippen molar-refractivity contribution in [3.05, 3.63) is 0 Å². The number of aliphatic carboxylic acids is 1. The summed E-state index contributed by atoms with van der Waals surface area (Å²) in [5.74, 6) is -0.757. The Labute approximate surface area is 65.8 Å². The van der Waals surface area contributed by atoms with Crippen LogP contribution in [0.3, 0.4) is 0 Å². The van der Waals surface area contributed by atoms with Crippen LogP contribution in [-0.4, -0.2) is 48.8 Å². The number of hydrogen-bond acceptors (Lipinski definition) is 3. The summed E-state index contributed by atoms with van der Waals surface area (Å²) < 4.78 is 5.06. The van der Waals surface area contributed by atoms with Crippen molar-refractivity contribution in [2.45, 2.75) is 18.6 Å². The highest BCUT2D eigenvalue weighted by atomic mass is 16.5. The number of likely N-dealkylation sites (N-methyl/N-ethyl adjacent to an activating group) is 1. The summed E-state index contributed by atoms with van der Waals surface area (Å²) in [7, 11) is 3.42. The number of ether oxygens (including phenoxy) is 1. The second-order valence-corrected chi connectivity index (χ2v) is 2.89. The SMILES string of the molecule is CO[C@@H]1CC(C(=O)O)N(C)C1. The van der Waals surface area contributed by atoms with E-state index in [9.17, 15) is 4.79 Å². The molecule has 1 saturated heterocycles. The molecule has 0 aromatic rings. The minimum Gasteiger partial charge on any atom is -0.480 e. The van der Waals surface area contributed by atoms with Crippen LogP contribution in [0.25, 0.3) is 0 Å². The smallest absolute Gasteiger partial charge is 0.321 e. The lowest BCUT2D eigenvalue weighted by Crippen LogP contribution is -2.32. The van der Waals surface area contributed by atoms with Crippen molar-refractivity contribution in [1.82, 2.24) is 4.90 Å². The molecule has 2 atom stereocenters. The Kier molecular flexibility index (Phi) is 2.46. The average Bonchev–Trinajstić information content (AvgIpc) is 2.30. The Morgan fingerprint density at radius 2 is 2.36 bits per heavy atom. The topological polar surface area (TPSA) is 49.8 Å². The lowest BCUT2D eigenvalue weighted by atomic mass is 10.2. The highest BCUT2D eigenvalue weighted by Gasteiger charge is 2.34.